The van der Waals surface area contributed by atoms with Gasteiger partial charge < -0.3 is 10.2 Å². The zero-order valence-electron chi connectivity index (χ0n) is 9.93. The molecule has 0 spiro atoms. The lowest BCUT2D eigenvalue weighted by atomic mass is 9.84. The molecule has 2 nitrogen and oxygen atoms in total. The quantitative estimate of drug-likeness (QED) is 0.818. The number of fused-ring (bicyclic) bond motifs is 3. The molecule has 0 radical (unpaired) electrons. The monoisotopic (exact) mass is 256 g/mol. The summed E-state index contributed by atoms with van der Waals surface area (Å²) in [6.07, 6.45) is 2.17. The first-order valence-corrected chi connectivity index (χ1v) is 6.27. The fourth-order valence-electron chi connectivity index (χ4n) is 2.96. The van der Waals surface area contributed by atoms with E-state index in [4.69, 9.17) is 0 Å². The van der Waals surface area contributed by atoms with E-state index >= 15 is 0 Å². The average Bonchev–Trinajstić information content (AvgIpc) is 2.37. The van der Waals surface area contributed by atoms with Crippen LogP contribution in [0.4, 0.5) is 18.9 Å². The van der Waals surface area contributed by atoms with Gasteiger partial charge >= 0.3 is 0 Å². The fourth-order valence-corrected chi connectivity index (χ4v) is 2.96. The number of halogens is 3. The van der Waals surface area contributed by atoms with Crippen LogP contribution in [0.2, 0.25) is 0 Å². The molecule has 3 saturated heterocycles. The van der Waals surface area contributed by atoms with Crippen LogP contribution in [0.3, 0.4) is 0 Å². The number of nitrogens with one attached hydrogen (secondary N) is 1. The van der Waals surface area contributed by atoms with Crippen molar-refractivity contribution < 1.29 is 13.2 Å². The van der Waals surface area contributed by atoms with E-state index in [-0.39, 0.29) is 11.7 Å². The molecule has 4 rings (SSSR count). The Labute approximate surface area is 104 Å². The van der Waals surface area contributed by atoms with Gasteiger partial charge in [-0.25, -0.2) is 13.2 Å². The van der Waals surface area contributed by atoms with Crippen LogP contribution in [0.25, 0.3) is 0 Å². The van der Waals surface area contributed by atoms with Gasteiger partial charge in [-0.15, -0.1) is 0 Å². The largest absolute Gasteiger partial charge is 0.378 e. The van der Waals surface area contributed by atoms with Gasteiger partial charge in [0.25, 0.3) is 0 Å². The van der Waals surface area contributed by atoms with Gasteiger partial charge in [-0.1, -0.05) is 0 Å². The molecule has 3 aliphatic heterocycles. The molecule has 1 aromatic rings. The van der Waals surface area contributed by atoms with Crippen molar-refractivity contribution in [2.45, 2.75) is 18.9 Å². The van der Waals surface area contributed by atoms with Crippen molar-refractivity contribution in [3.05, 3.63) is 29.6 Å². The minimum absolute atomic E-state index is 0.0626. The third-order valence-electron chi connectivity index (χ3n) is 4.01. The molecule has 1 atom stereocenters. The highest BCUT2D eigenvalue weighted by molar-refractivity contribution is 5.46. The average molecular weight is 256 g/mol. The summed E-state index contributed by atoms with van der Waals surface area (Å²) in [6, 6.07) is 1.63. The Balaban J connectivity index is 1.78. The zero-order chi connectivity index (χ0) is 12.7. The number of piperidine rings is 3. The summed E-state index contributed by atoms with van der Waals surface area (Å²) in [5.74, 6) is -2.39. The van der Waals surface area contributed by atoms with Gasteiger partial charge in [-0.2, -0.15) is 0 Å². The SMILES string of the molecule is Fc1cc(F)c(NC2CN3CCC2CC3)cc1F. The van der Waals surface area contributed by atoms with Crippen LogP contribution in [0.1, 0.15) is 12.8 Å². The van der Waals surface area contributed by atoms with Crippen LogP contribution in [-0.2, 0) is 0 Å². The molecule has 18 heavy (non-hydrogen) atoms. The minimum atomic E-state index is -1.15. The zero-order valence-corrected chi connectivity index (χ0v) is 9.93. The van der Waals surface area contributed by atoms with Gasteiger partial charge in [-0.3, -0.25) is 0 Å². The van der Waals surface area contributed by atoms with Crippen molar-refractivity contribution in [3.63, 3.8) is 0 Å². The second kappa shape index (κ2) is 4.46. The van der Waals surface area contributed by atoms with Crippen LogP contribution in [0.15, 0.2) is 12.1 Å². The number of benzene rings is 1. The minimum Gasteiger partial charge on any atom is -0.378 e. The van der Waals surface area contributed by atoms with Gasteiger partial charge in [0.2, 0.25) is 0 Å². The highest BCUT2D eigenvalue weighted by Gasteiger charge is 2.34. The van der Waals surface area contributed by atoms with Crippen LogP contribution in [0.5, 0.6) is 0 Å². The van der Waals surface area contributed by atoms with Gasteiger partial charge in [0.1, 0.15) is 5.82 Å². The second-order valence-electron chi connectivity index (χ2n) is 5.14. The summed E-state index contributed by atoms with van der Waals surface area (Å²) in [7, 11) is 0. The van der Waals surface area contributed by atoms with Gasteiger partial charge in [0.05, 0.1) is 5.69 Å². The van der Waals surface area contributed by atoms with E-state index < -0.39 is 17.5 Å². The highest BCUT2D eigenvalue weighted by Crippen LogP contribution is 2.30. The number of hydrogen-bond donors (Lipinski definition) is 1. The van der Waals surface area contributed by atoms with E-state index in [0.29, 0.717) is 12.0 Å². The van der Waals surface area contributed by atoms with Crippen molar-refractivity contribution in [2.24, 2.45) is 5.92 Å². The van der Waals surface area contributed by atoms with Crippen LogP contribution < -0.4 is 5.32 Å². The number of anilines is 1. The smallest absolute Gasteiger partial charge is 0.161 e. The van der Waals surface area contributed by atoms with Crippen LogP contribution >= 0.6 is 0 Å². The molecule has 1 N–H and O–H groups in total. The molecule has 1 unspecified atom stereocenters. The molecule has 3 fully saturated rings. The Bertz CT molecular complexity index is 456. The molecule has 3 heterocycles. The fraction of sp³-hybridized carbons (Fsp3) is 0.538. The van der Waals surface area contributed by atoms with E-state index in [1.807, 2.05) is 0 Å². The van der Waals surface area contributed by atoms with E-state index in [1.54, 1.807) is 0 Å². The topological polar surface area (TPSA) is 15.3 Å². The summed E-state index contributed by atoms with van der Waals surface area (Å²) in [6.45, 7) is 3.02. The first-order valence-electron chi connectivity index (χ1n) is 6.27. The number of rotatable bonds is 2. The van der Waals surface area contributed by atoms with E-state index in [2.05, 4.69) is 10.2 Å². The molecule has 2 bridgehead atoms. The molecule has 1 aromatic carbocycles. The van der Waals surface area contributed by atoms with Crippen molar-refractivity contribution in [1.82, 2.24) is 4.90 Å². The molecule has 5 heteroatoms. The molecule has 0 aliphatic carbocycles. The normalized spacial score (nSPS) is 30.5. The van der Waals surface area contributed by atoms with E-state index in [0.717, 1.165) is 38.5 Å². The summed E-state index contributed by atoms with van der Waals surface area (Å²) in [5, 5.41) is 3.03. The van der Waals surface area contributed by atoms with Gasteiger partial charge in [-0.05, 0) is 31.8 Å². The second-order valence-corrected chi connectivity index (χ2v) is 5.14. The molecular formula is C13H15F3N2. The third-order valence-corrected chi connectivity index (χ3v) is 4.01. The molecule has 3 aliphatic rings. The maximum Gasteiger partial charge on any atom is 0.161 e. The maximum atomic E-state index is 13.5. The van der Waals surface area contributed by atoms with E-state index in [9.17, 15) is 13.2 Å². The summed E-state index contributed by atoms with van der Waals surface area (Å²) in [5.41, 5.74) is 0.0626. The Morgan fingerprint density at radius 3 is 2.28 bits per heavy atom. The van der Waals surface area contributed by atoms with E-state index in [1.165, 1.54) is 0 Å². The molecule has 98 valence electrons. The third kappa shape index (κ3) is 2.07. The van der Waals surface area contributed by atoms with Crippen molar-refractivity contribution in [2.75, 3.05) is 25.0 Å². The lowest BCUT2D eigenvalue weighted by Gasteiger charge is -2.45. The number of hydrogen-bond acceptors (Lipinski definition) is 2. The summed E-state index contributed by atoms with van der Waals surface area (Å²) in [4.78, 5) is 2.31. The van der Waals surface area contributed by atoms with Crippen LogP contribution in [-0.4, -0.2) is 30.6 Å². The summed E-state index contributed by atoms with van der Waals surface area (Å²) >= 11 is 0. The highest BCUT2D eigenvalue weighted by atomic mass is 19.2. The predicted octanol–water partition coefficient (Wildman–Crippen LogP) is 2.61. The standard InChI is InChI=1S/C13H15F3N2/c14-9-5-11(16)12(6-10(9)15)17-13-7-18-3-1-8(13)2-4-18/h5-6,8,13,17H,1-4,7H2. The van der Waals surface area contributed by atoms with Crippen molar-refractivity contribution in [3.8, 4) is 0 Å². The molecular weight excluding hydrogens is 241 g/mol. The Kier molecular flexibility index (Phi) is 2.93. The Morgan fingerprint density at radius 1 is 1.00 bits per heavy atom. The van der Waals surface area contributed by atoms with Crippen LogP contribution in [0, 0.1) is 23.4 Å². The van der Waals surface area contributed by atoms with Gasteiger partial charge in [0, 0.05) is 24.7 Å². The first-order chi connectivity index (χ1) is 8.63. The molecule has 0 saturated carbocycles. The van der Waals surface area contributed by atoms with Crippen molar-refractivity contribution in [1.29, 1.82) is 0 Å². The number of nitrogens with zero attached hydrogens (tertiary/aromatic N) is 1. The predicted molar refractivity (Wildman–Crippen MR) is 62.9 cm³/mol. The lowest BCUT2D eigenvalue weighted by molar-refractivity contribution is 0.0974. The Hall–Kier alpha value is -1.23. The summed E-state index contributed by atoms with van der Waals surface area (Å²) < 4.78 is 39.5. The maximum absolute atomic E-state index is 13.5. The Morgan fingerprint density at radius 2 is 1.67 bits per heavy atom. The van der Waals surface area contributed by atoms with Gasteiger partial charge in [0.15, 0.2) is 11.6 Å². The lowest BCUT2D eigenvalue weighted by Crippen LogP contribution is -2.53. The van der Waals surface area contributed by atoms with Crippen molar-refractivity contribution >= 4 is 5.69 Å². The molecule has 0 aromatic heterocycles. The first kappa shape index (κ1) is 11.8. The molecule has 0 amide bonds.